The van der Waals surface area contributed by atoms with Crippen molar-refractivity contribution in [2.24, 2.45) is 21.9 Å². The largest absolute Gasteiger partial charge is 0.488 e. The molecule has 444 valence electrons. The molecule has 4 aromatic rings. The zero-order valence-corrected chi connectivity index (χ0v) is 49.0. The van der Waals surface area contributed by atoms with Gasteiger partial charge < -0.3 is 60.1 Å². The van der Waals surface area contributed by atoms with E-state index in [0.717, 1.165) is 0 Å². The van der Waals surface area contributed by atoms with Crippen LogP contribution in [0.3, 0.4) is 0 Å². The molecule has 0 aromatic heterocycles. The Balaban J connectivity index is 0.000000441. The summed E-state index contributed by atoms with van der Waals surface area (Å²) in [5.74, 6) is -2.34. The fourth-order valence-electron chi connectivity index (χ4n) is 6.51. The standard InChI is InChI=1S/C29H37BN4O9S2.C23H28BN5O7S2/c1-29(2,3)43-26(36)17-21(19-45-44-16-15-42-27(37)20-10-12-23(13-11-20)33-34-31)28(38)41-14-5-4-9-25(35)32-24-8-6-7-22(18-24)30(39)40;25-20(15-38-37-13-12-36-22(31)16-7-9-18(10-8-16)28-29-26)23(32)35-11-2-1-6-21(30)27-19-5-3-4-17(14-19)24(33)34/h6-8,10-13,18,21,39-40H,4-5,9,14-17,19H2,1-3H3,(H,32,35);3-5,7-10,14,20,33-34H,1-2,6,11-13,15,25H2,(H,27,30). The van der Waals surface area contributed by atoms with Gasteiger partial charge in [-0.2, -0.15) is 0 Å². The number of nitrogens with zero attached hydrogens (tertiary/aromatic N) is 6. The number of nitrogens with one attached hydrogen (secondary N) is 2. The fourth-order valence-corrected chi connectivity index (χ4v) is 10.6. The topological polar surface area (TPSA) is 394 Å². The lowest BCUT2D eigenvalue weighted by Gasteiger charge is -2.21. The second-order valence-corrected chi connectivity index (χ2v) is 23.6. The summed E-state index contributed by atoms with van der Waals surface area (Å²) in [7, 11) is 2.24. The van der Waals surface area contributed by atoms with E-state index in [9.17, 15) is 53.7 Å². The molecule has 0 aliphatic rings. The van der Waals surface area contributed by atoms with Crippen LogP contribution < -0.4 is 27.3 Å². The van der Waals surface area contributed by atoms with Crippen LogP contribution in [0.4, 0.5) is 22.7 Å². The predicted octanol–water partition coefficient (Wildman–Crippen LogP) is 7.07. The van der Waals surface area contributed by atoms with Gasteiger partial charge in [0.2, 0.25) is 11.8 Å². The number of hydrogen-bond donors (Lipinski definition) is 7. The van der Waals surface area contributed by atoms with Gasteiger partial charge in [0.1, 0.15) is 24.9 Å². The predicted molar refractivity (Wildman–Crippen MR) is 322 cm³/mol. The van der Waals surface area contributed by atoms with Gasteiger partial charge in [0, 0.05) is 68.4 Å². The molecule has 0 saturated carbocycles. The number of rotatable bonds is 34. The van der Waals surface area contributed by atoms with Crippen LogP contribution in [0.25, 0.3) is 20.9 Å². The molecule has 0 heterocycles. The van der Waals surface area contributed by atoms with E-state index in [1.165, 1.54) is 116 Å². The molecule has 2 amide bonds. The number of carbonyl (C=O) groups excluding carboxylic acids is 7. The minimum Gasteiger partial charge on any atom is -0.465 e. The number of unbranched alkanes of at least 4 members (excludes halogenated alkanes) is 2. The Morgan fingerprint density at radius 3 is 1.45 bits per heavy atom. The van der Waals surface area contributed by atoms with Gasteiger partial charge in [-0.25, -0.2) is 9.59 Å². The van der Waals surface area contributed by atoms with Crippen molar-refractivity contribution < 1.29 is 77.3 Å². The first-order valence-electron chi connectivity index (χ1n) is 25.6. The average molecular weight is 1220 g/mol. The number of azide groups is 2. The summed E-state index contributed by atoms with van der Waals surface area (Å²) in [5.41, 5.74) is 24.9. The third-order valence-electron chi connectivity index (χ3n) is 10.5. The van der Waals surface area contributed by atoms with Crippen LogP contribution in [0.15, 0.2) is 107 Å². The highest BCUT2D eigenvalue weighted by Crippen LogP contribution is 2.27. The number of benzene rings is 4. The summed E-state index contributed by atoms with van der Waals surface area (Å²) in [6.45, 7) is 5.73. The molecule has 0 radical (unpaired) electrons. The molecule has 4 rings (SSSR count). The van der Waals surface area contributed by atoms with Crippen LogP contribution in [0.2, 0.25) is 0 Å². The van der Waals surface area contributed by atoms with Gasteiger partial charge in [0.05, 0.1) is 36.7 Å². The monoisotopic (exact) mass is 1220 g/mol. The lowest BCUT2D eigenvalue weighted by molar-refractivity contribution is -0.161. The van der Waals surface area contributed by atoms with Gasteiger partial charge in [0.25, 0.3) is 0 Å². The molecule has 0 fully saturated rings. The van der Waals surface area contributed by atoms with Crippen molar-refractivity contribution in [1.82, 2.24) is 0 Å². The SMILES string of the molecule is CC(C)(C)OC(=O)CC(CSSCCOC(=O)c1ccc(N=[N+]=[N-])cc1)C(=O)OCCCCC(=O)Nc1cccc(B(O)O)c1.[N-]=[N+]=Nc1ccc(C(=O)OCCSSCC(N)C(=O)OCCCCC(=O)Nc2cccc(B(O)O)c2)cc1. The van der Waals surface area contributed by atoms with E-state index in [4.69, 9.17) is 40.5 Å². The normalized spacial score (nSPS) is 11.3. The fraction of sp³-hybridized carbons (Fsp3) is 0.404. The lowest BCUT2D eigenvalue weighted by atomic mass is 9.80. The summed E-state index contributed by atoms with van der Waals surface area (Å²) < 4.78 is 26.4. The first kappa shape index (κ1) is 70.4. The smallest absolute Gasteiger partial charge is 0.465 e. The Kier molecular flexibility index (Phi) is 33.6. The number of anilines is 2. The van der Waals surface area contributed by atoms with E-state index < -0.39 is 61.6 Å². The van der Waals surface area contributed by atoms with E-state index in [0.29, 0.717) is 76.8 Å². The number of carbonyl (C=O) groups is 7. The lowest BCUT2D eigenvalue weighted by Crippen LogP contribution is -2.34. The van der Waals surface area contributed by atoms with Crippen molar-refractivity contribution in [2.45, 2.75) is 77.4 Å². The average Bonchev–Trinajstić information content (AvgIpc) is 3.45. The van der Waals surface area contributed by atoms with Gasteiger partial charge in [-0.3, -0.25) is 24.0 Å². The summed E-state index contributed by atoms with van der Waals surface area (Å²) in [5, 5.41) is 49.2. The van der Waals surface area contributed by atoms with Gasteiger partial charge in [0.15, 0.2) is 0 Å². The zero-order valence-electron chi connectivity index (χ0n) is 45.7. The van der Waals surface area contributed by atoms with Gasteiger partial charge in [-0.05, 0) is 117 Å². The van der Waals surface area contributed by atoms with Crippen LogP contribution in [0, 0.1) is 5.92 Å². The molecule has 2 unspecified atom stereocenters. The van der Waals surface area contributed by atoms with Crippen molar-refractivity contribution in [3.05, 3.63) is 129 Å². The van der Waals surface area contributed by atoms with E-state index >= 15 is 0 Å². The van der Waals surface area contributed by atoms with E-state index in [1.807, 2.05) is 0 Å². The van der Waals surface area contributed by atoms with Crippen LogP contribution in [0.5, 0.6) is 0 Å². The third-order valence-corrected chi connectivity index (χ3v) is 15.4. The quantitative estimate of drug-likeness (QED) is 0.00359. The number of amides is 2. The van der Waals surface area contributed by atoms with Crippen molar-refractivity contribution >= 4 is 133 Å². The summed E-state index contributed by atoms with van der Waals surface area (Å²) >= 11 is 0. The van der Waals surface area contributed by atoms with E-state index in [1.54, 1.807) is 45.0 Å². The van der Waals surface area contributed by atoms with Gasteiger partial charge >= 0.3 is 44.1 Å². The van der Waals surface area contributed by atoms with Gasteiger partial charge in [-0.15, -0.1) is 0 Å². The molecule has 0 bridgehead atoms. The second-order valence-electron chi connectivity index (χ2n) is 18.4. The van der Waals surface area contributed by atoms with Crippen LogP contribution in [-0.2, 0) is 47.7 Å². The Morgan fingerprint density at radius 1 is 0.590 bits per heavy atom. The molecule has 0 aliphatic heterocycles. The maximum atomic E-state index is 12.8. The van der Waals surface area contributed by atoms with Gasteiger partial charge in [-0.1, -0.05) is 102 Å². The second kappa shape index (κ2) is 39.6. The first-order valence-corrected chi connectivity index (χ1v) is 30.6. The summed E-state index contributed by atoms with van der Waals surface area (Å²) in [6.07, 6.45) is 2.08. The first-order chi connectivity index (χ1) is 39.7. The highest BCUT2D eigenvalue weighted by atomic mass is 33.1. The third kappa shape index (κ3) is 30.8. The number of nitrogens with two attached hydrogens (primary N) is 1. The Bertz CT molecular complexity index is 2830. The highest BCUT2D eigenvalue weighted by Gasteiger charge is 2.27. The summed E-state index contributed by atoms with van der Waals surface area (Å²) in [6, 6.07) is 23.8. The molecule has 0 spiro atoms. The Hall–Kier alpha value is -6.88. The van der Waals surface area contributed by atoms with Crippen LogP contribution >= 0.6 is 43.2 Å². The molecule has 8 N–H and O–H groups in total. The van der Waals surface area contributed by atoms with E-state index in [-0.39, 0.29) is 74.2 Å². The zero-order chi connectivity index (χ0) is 61.0. The Labute approximate surface area is 495 Å². The highest BCUT2D eigenvalue weighted by molar-refractivity contribution is 8.77. The molecule has 83 heavy (non-hydrogen) atoms. The molecule has 25 nitrogen and oxygen atoms in total. The molecule has 0 saturated heterocycles. The summed E-state index contributed by atoms with van der Waals surface area (Å²) in [4.78, 5) is 91.1. The van der Waals surface area contributed by atoms with Crippen molar-refractivity contribution in [3.8, 4) is 0 Å². The number of ether oxygens (including phenoxy) is 5. The minimum atomic E-state index is -1.64. The molecule has 2 atom stereocenters. The van der Waals surface area contributed by atoms with E-state index in [2.05, 4.69) is 30.7 Å². The number of esters is 5. The minimum absolute atomic E-state index is 0.0702. The van der Waals surface area contributed by atoms with Crippen molar-refractivity contribution in [1.29, 1.82) is 0 Å². The maximum absolute atomic E-state index is 12.8. The Morgan fingerprint density at radius 2 is 1.02 bits per heavy atom. The maximum Gasteiger partial charge on any atom is 0.488 e. The molecular formula is C52H65B2N9O16S4. The molecular weight excluding hydrogens is 1160 g/mol. The van der Waals surface area contributed by atoms with Crippen LogP contribution in [-0.4, -0.2) is 137 Å². The van der Waals surface area contributed by atoms with Crippen LogP contribution in [0.1, 0.15) is 86.4 Å². The van der Waals surface area contributed by atoms with Crippen molar-refractivity contribution in [3.63, 3.8) is 0 Å². The molecule has 31 heteroatoms. The number of hydrogen-bond acceptors (Lipinski definition) is 23. The molecule has 0 aliphatic carbocycles. The molecule has 4 aromatic carbocycles. The van der Waals surface area contributed by atoms with Crippen molar-refractivity contribution in [2.75, 3.05) is 60.1 Å².